The van der Waals surface area contributed by atoms with Crippen LogP contribution in [0.15, 0.2) is 47.6 Å². The third kappa shape index (κ3) is 6.27. The summed E-state index contributed by atoms with van der Waals surface area (Å²) in [4.78, 5) is 13.8. The van der Waals surface area contributed by atoms with E-state index in [0.29, 0.717) is 15.8 Å². The van der Waals surface area contributed by atoms with Crippen molar-refractivity contribution in [2.75, 3.05) is 24.7 Å². The maximum absolute atomic E-state index is 11.8. The second kappa shape index (κ2) is 9.70. The Morgan fingerprint density at radius 1 is 1.16 bits per heavy atom. The van der Waals surface area contributed by atoms with Crippen molar-refractivity contribution < 1.29 is 4.79 Å². The molecule has 0 unspecified atom stereocenters. The fraction of sp³-hybridized carbons (Fsp3) is 0.222. The van der Waals surface area contributed by atoms with E-state index in [1.165, 1.54) is 11.8 Å². The first kappa shape index (κ1) is 19.6. The number of benzene rings is 2. The molecule has 0 fully saturated rings. The fourth-order valence-corrected chi connectivity index (χ4v) is 3.54. The zero-order chi connectivity index (χ0) is 18.2. The lowest BCUT2D eigenvalue weighted by Gasteiger charge is -2.11. The van der Waals surface area contributed by atoms with Crippen LogP contribution in [0.4, 0.5) is 5.69 Å². The van der Waals surface area contributed by atoms with Gasteiger partial charge in [0.2, 0.25) is 5.91 Å². The van der Waals surface area contributed by atoms with Crippen LogP contribution in [0.3, 0.4) is 0 Å². The van der Waals surface area contributed by atoms with Gasteiger partial charge in [-0.3, -0.25) is 4.79 Å². The van der Waals surface area contributed by atoms with Gasteiger partial charge in [0.15, 0.2) is 0 Å². The van der Waals surface area contributed by atoms with E-state index in [9.17, 15) is 4.79 Å². The molecule has 0 aliphatic carbocycles. The summed E-state index contributed by atoms with van der Waals surface area (Å²) in [5.74, 6) is 0.675. The summed E-state index contributed by atoms with van der Waals surface area (Å²) >= 11 is 13.6. The highest BCUT2D eigenvalue weighted by atomic mass is 35.5. The van der Waals surface area contributed by atoms with Crippen molar-refractivity contribution in [3.05, 3.63) is 63.6 Å². The molecule has 0 aliphatic rings. The lowest BCUT2D eigenvalue weighted by molar-refractivity contribution is -0.118. The molecule has 1 N–H and O–H groups in total. The van der Waals surface area contributed by atoms with E-state index < -0.39 is 0 Å². The Hall–Kier alpha value is -1.69. The maximum atomic E-state index is 11.8. The molecule has 2 aromatic rings. The van der Waals surface area contributed by atoms with Crippen LogP contribution in [0.25, 0.3) is 0 Å². The summed E-state index contributed by atoms with van der Waals surface area (Å²) in [7, 11) is 3.97. The van der Waals surface area contributed by atoms with E-state index in [0.717, 1.165) is 16.8 Å². The minimum absolute atomic E-state index is 0.172. The van der Waals surface area contributed by atoms with Gasteiger partial charge in [0.05, 0.1) is 12.0 Å². The van der Waals surface area contributed by atoms with Crippen molar-refractivity contribution in [2.24, 2.45) is 5.10 Å². The number of hydrogen-bond acceptors (Lipinski definition) is 4. The minimum Gasteiger partial charge on any atom is -0.378 e. The fourth-order valence-electron chi connectivity index (χ4n) is 1.99. The first-order valence-electron chi connectivity index (χ1n) is 7.57. The lowest BCUT2D eigenvalue weighted by Crippen LogP contribution is -2.19. The third-order valence-electron chi connectivity index (χ3n) is 3.35. The molecule has 132 valence electrons. The Morgan fingerprint density at radius 3 is 2.40 bits per heavy atom. The second-order valence-corrected chi connectivity index (χ2v) is 7.27. The summed E-state index contributed by atoms with van der Waals surface area (Å²) in [5.41, 5.74) is 5.38. The molecule has 2 rings (SSSR count). The van der Waals surface area contributed by atoms with Crippen LogP contribution in [0.2, 0.25) is 10.0 Å². The highest BCUT2D eigenvalue weighted by Crippen LogP contribution is 2.28. The predicted octanol–water partition coefficient (Wildman–Crippen LogP) is 4.44. The topological polar surface area (TPSA) is 44.7 Å². The Morgan fingerprint density at radius 2 is 1.80 bits per heavy atom. The molecule has 4 nitrogen and oxygen atoms in total. The van der Waals surface area contributed by atoms with Gasteiger partial charge in [0.25, 0.3) is 0 Å². The molecule has 0 saturated carbocycles. The molecule has 0 heterocycles. The molecule has 2 aromatic carbocycles. The summed E-state index contributed by atoms with van der Waals surface area (Å²) in [6.07, 6.45) is 1.62. The van der Waals surface area contributed by atoms with Gasteiger partial charge >= 0.3 is 0 Å². The van der Waals surface area contributed by atoms with Crippen molar-refractivity contribution in [1.82, 2.24) is 5.43 Å². The highest BCUT2D eigenvalue weighted by molar-refractivity contribution is 7.99. The van der Waals surface area contributed by atoms with Gasteiger partial charge < -0.3 is 4.90 Å². The Kier molecular flexibility index (Phi) is 7.62. The highest BCUT2D eigenvalue weighted by Gasteiger charge is 2.07. The average Bonchev–Trinajstić information content (AvgIpc) is 2.58. The van der Waals surface area contributed by atoms with Crippen molar-refractivity contribution in [3.8, 4) is 0 Å². The van der Waals surface area contributed by atoms with Crippen LogP contribution in [-0.4, -0.2) is 32.0 Å². The monoisotopic (exact) mass is 395 g/mol. The van der Waals surface area contributed by atoms with E-state index in [1.54, 1.807) is 24.4 Å². The molecule has 25 heavy (non-hydrogen) atoms. The molecule has 0 atom stereocenters. The van der Waals surface area contributed by atoms with Crippen molar-refractivity contribution in [2.45, 2.75) is 5.75 Å². The Balaban J connectivity index is 1.77. The smallest absolute Gasteiger partial charge is 0.250 e. The molecule has 0 spiro atoms. The Bertz CT molecular complexity index is 728. The number of thioether (sulfide) groups is 1. The average molecular weight is 396 g/mol. The molecule has 1 amide bonds. The SMILES string of the molecule is CN(C)c1ccc(/C=N\NC(=O)CSCc2c(Cl)cccc2Cl)cc1. The number of rotatable bonds is 7. The number of nitrogens with zero attached hydrogens (tertiary/aromatic N) is 2. The van der Waals surface area contributed by atoms with Gasteiger partial charge in [-0.1, -0.05) is 41.4 Å². The third-order valence-corrected chi connectivity index (χ3v) is 5.02. The number of carbonyl (C=O) groups excluding carboxylic acids is 1. The van der Waals surface area contributed by atoms with Crippen molar-refractivity contribution in [3.63, 3.8) is 0 Å². The van der Waals surface area contributed by atoms with E-state index >= 15 is 0 Å². The van der Waals surface area contributed by atoms with E-state index in [4.69, 9.17) is 23.2 Å². The van der Waals surface area contributed by atoms with Gasteiger partial charge in [-0.2, -0.15) is 5.10 Å². The van der Waals surface area contributed by atoms with Crippen LogP contribution >= 0.6 is 35.0 Å². The lowest BCUT2D eigenvalue weighted by atomic mass is 10.2. The van der Waals surface area contributed by atoms with Crippen LogP contribution in [-0.2, 0) is 10.5 Å². The van der Waals surface area contributed by atoms with Crippen LogP contribution in [0, 0.1) is 0 Å². The standard InChI is InChI=1S/C18H19Cl2N3OS/c1-23(2)14-8-6-13(7-9-14)10-21-22-18(24)12-25-11-15-16(19)4-3-5-17(15)20/h3-10H,11-12H2,1-2H3,(H,22,24)/b21-10-. The van der Waals surface area contributed by atoms with Gasteiger partial charge in [0, 0.05) is 35.6 Å². The molecule has 0 saturated heterocycles. The number of halogens is 2. The number of nitrogens with one attached hydrogen (secondary N) is 1. The van der Waals surface area contributed by atoms with Gasteiger partial charge in [0.1, 0.15) is 0 Å². The first-order chi connectivity index (χ1) is 12.0. The predicted molar refractivity (Wildman–Crippen MR) is 109 cm³/mol. The second-order valence-electron chi connectivity index (χ2n) is 5.47. The van der Waals surface area contributed by atoms with E-state index in [-0.39, 0.29) is 11.7 Å². The molecule has 0 aliphatic heterocycles. The van der Waals surface area contributed by atoms with Crippen molar-refractivity contribution >= 4 is 52.8 Å². The van der Waals surface area contributed by atoms with Crippen LogP contribution in [0.1, 0.15) is 11.1 Å². The molecule has 7 heteroatoms. The summed E-state index contributed by atoms with van der Waals surface area (Å²) in [5, 5.41) is 5.19. The summed E-state index contributed by atoms with van der Waals surface area (Å²) < 4.78 is 0. The summed E-state index contributed by atoms with van der Waals surface area (Å²) in [6.45, 7) is 0. The Labute approximate surface area is 162 Å². The number of carbonyl (C=O) groups is 1. The normalized spacial score (nSPS) is 10.9. The molecule has 0 bridgehead atoms. The van der Waals surface area contributed by atoms with Gasteiger partial charge in [-0.05, 0) is 35.4 Å². The molecular formula is C18H19Cl2N3OS. The number of hydrogen-bond donors (Lipinski definition) is 1. The number of amides is 1. The summed E-state index contributed by atoms with van der Waals surface area (Å²) in [6, 6.07) is 13.2. The van der Waals surface area contributed by atoms with Gasteiger partial charge in [-0.25, -0.2) is 5.43 Å². The van der Waals surface area contributed by atoms with Crippen molar-refractivity contribution in [1.29, 1.82) is 0 Å². The van der Waals surface area contributed by atoms with E-state index in [1.807, 2.05) is 43.3 Å². The van der Waals surface area contributed by atoms with Gasteiger partial charge in [-0.15, -0.1) is 11.8 Å². The van der Waals surface area contributed by atoms with E-state index in [2.05, 4.69) is 10.5 Å². The molecule has 0 aromatic heterocycles. The minimum atomic E-state index is -0.172. The number of hydrazone groups is 1. The number of anilines is 1. The quantitative estimate of drug-likeness (QED) is 0.556. The zero-order valence-corrected chi connectivity index (χ0v) is 16.3. The maximum Gasteiger partial charge on any atom is 0.250 e. The molecular weight excluding hydrogens is 377 g/mol. The molecule has 0 radical (unpaired) electrons. The van der Waals surface area contributed by atoms with Crippen LogP contribution < -0.4 is 10.3 Å². The first-order valence-corrected chi connectivity index (χ1v) is 9.48. The largest absolute Gasteiger partial charge is 0.378 e. The zero-order valence-electron chi connectivity index (χ0n) is 14.0. The van der Waals surface area contributed by atoms with Crippen LogP contribution in [0.5, 0.6) is 0 Å².